The smallest absolute Gasteiger partial charge is 0.310 e. The van der Waals surface area contributed by atoms with E-state index >= 15 is 0 Å². The molecule has 0 saturated heterocycles. The molecule has 8 heteroatoms. The number of H-pyrrole nitrogens is 1. The van der Waals surface area contributed by atoms with Crippen LogP contribution in [0.4, 0.5) is 13.2 Å². The molecule has 3 aromatic rings. The number of nitrogens with one attached hydrogen (secondary N) is 1. The molecule has 1 N–H and O–H groups in total. The van der Waals surface area contributed by atoms with Gasteiger partial charge in [0.15, 0.2) is 0 Å². The van der Waals surface area contributed by atoms with Crippen molar-refractivity contribution in [2.24, 2.45) is 0 Å². The second-order valence-electron chi connectivity index (χ2n) is 6.12. The van der Waals surface area contributed by atoms with Gasteiger partial charge in [-0.25, -0.2) is 4.98 Å². The van der Waals surface area contributed by atoms with E-state index in [-0.39, 0.29) is 12.0 Å². The van der Waals surface area contributed by atoms with Crippen molar-refractivity contribution in [3.8, 4) is 0 Å². The summed E-state index contributed by atoms with van der Waals surface area (Å²) in [5.74, 6) is 0.420. The first-order chi connectivity index (χ1) is 11.9. The Morgan fingerprint density at radius 1 is 1.20 bits per heavy atom. The SMILES string of the molecule is O=c1[nH]c(Cc2ccc(C(F)(F)F)cn2)nc2sc3c(c12)CCCC3. The van der Waals surface area contributed by atoms with E-state index in [4.69, 9.17) is 0 Å². The molecule has 4 nitrogen and oxygen atoms in total. The van der Waals surface area contributed by atoms with E-state index in [0.29, 0.717) is 21.7 Å². The second kappa shape index (κ2) is 5.94. The number of pyridine rings is 1. The number of alkyl halides is 3. The predicted molar refractivity (Wildman–Crippen MR) is 88.9 cm³/mol. The molecule has 0 bridgehead atoms. The van der Waals surface area contributed by atoms with Crippen molar-refractivity contribution in [2.45, 2.75) is 38.3 Å². The van der Waals surface area contributed by atoms with Crippen molar-refractivity contribution < 1.29 is 13.2 Å². The Morgan fingerprint density at radius 3 is 2.72 bits per heavy atom. The molecule has 4 rings (SSSR count). The number of halogens is 3. The van der Waals surface area contributed by atoms with Crippen LogP contribution in [0.3, 0.4) is 0 Å². The summed E-state index contributed by atoms with van der Waals surface area (Å²) in [6.45, 7) is 0. The van der Waals surface area contributed by atoms with E-state index in [2.05, 4.69) is 15.0 Å². The molecule has 0 amide bonds. The van der Waals surface area contributed by atoms with E-state index in [1.165, 1.54) is 10.9 Å². The van der Waals surface area contributed by atoms with Gasteiger partial charge in [-0.15, -0.1) is 11.3 Å². The van der Waals surface area contributed by atoms with Crippen molar-refractivity contribution in [1.29, 1.82) is 0 Å². The van der Waals surface area contributed by atoms with Crippen molar-refractivity contribution >= 4 is 21.6 Å². The van der Waals surface area contributed by atoms with Crippen LogP contribution in [0.1, 0.15) is 40.4 Å². The van der Waals surface area contributed by atoms with E-state index < -0.39 is 11.7 Å². The van der Waals surface area contributed by atoms with Crippen LogP contribution in [-0.4, -0.2) is 15.0 Å². The maximum atomic E-state index is 12.6. The molecule has 0 aromatic carbocycles. The largest absolute Gasteiger partial charge is 0.417 e. The fourth-order valence-electron chi connectivity index (χ4n) is 3.16. The molecule has 25 heavy (non-hydrogen) atoms. The van der Waals surface area contributed by atoms with Gasteiger partial charge in [0.1, 0.15) is 10.7 Å². The molecule has 130 valence electrons. The lowest BCUT2D eigenvalue weighted by Crippen LogP contribution is -2.13. The third kappa shape index (κ3) is 3.06. The van der Waals surface area contributed by atoms with E-state index in [1.807, 2.05) is 0 Å². The van der Waals surface area contributed by atoms with Crippen LogP contribution in [0.15, 0.2) is 23.1 Å². The highest BCUT2D eigenvalue weighted by Crippen LogP contribution is 2.33. The summed E-state index contributed by atoms with van der Waals surface area (Å²) < 4.78 is 37.8. The lowest BCUT2D eigenvalue weighted by Gasteiger charge is -2.09. The van der Waals surface area contributed by atoms with Crippen molar-refractivity contribution in [1.82, 2.24) is 15.0 Å². The highest BCUT2D eigenvalue weighted by molar-refractivity contribution is 7.18. The van der Waals surface area contributed by atoms with E-state index in [9.17, 15) is 18.0 Å². The molecule has 1 aliphatic rings. The van der Waals surface area contributed by atoms with Crippen LogP contribution in [0, 0.1) is 0 Å². The molecule has 0 atom stereocenters. The number of nitrogens with zero attached hydrogens (tertiary/aromatic N) is 2. The van der Waals surface area contributed by atoms with Crippen LogP contribution in [0.25, 0.3) is 10.2 Å². The molecule has 3 aromatic heterocycles. The summed E-state index contributed by atoms with van der Waals surface area (Å²) in [7, 11) is 0. The van der Waals surface area contributed by atoms with Gasteiger partial charge in [0, 0.05) is 23.2 Å². The van der Waals surface area contributed by atoms with Gasteiger partial charge in [-0.1, -0.05) is 0 Å². The maximum Gasteiger partial charge on any atom is 0.417 e. The normalized spacial score (nSPS) is 14.7. The number of fused-ring (bicyclic) bond motifs is 3. The lowest BCUT2D eigenvalue weighted by molar-refractivity contribution is -0.137. The Balaban J connectivity index is 1.67. The number of aromatic nitrogens is 3. The number of hydrogen-bond donors (Lipinski definition) is 1. The van der Waals surface area contributed by atoms with Gasteiger partial charge < -0.3 is 4.98 Å². The third-order valence-electron chi connectivity index (χ3n) is 4.37. The second-order valence-corrected chi connectivity index (χ2v) is 7.20. The molecule has 0 fully saturated rings. The Labute approximate surface area is 144 Å². The van der Waals surface area contributed by atoms with Gasteiger partial charge in [-0.2, -0.15) is 13.2 Å². The van der Waals surface area contributed by atoms with Crippen molar-refractivity contribution in [3.05, 3.63) is 56.2 Å². The molecule has 0 radical (unpaired) electrons. The quantitative estimate of drug-likeness (QED) is 0.750. The molecule has 0 spiro atoms. The first-order valence-corrected chi connectivity index (χ1v) is 8.79. The van der Waals surface area contributed by atoms with E-state index in [1.54, 1.807) is 11.3 Å². The van der Waals surface area contributed by atoms with Crippen LogP contribution in [-0.2, 0) is 25.4 Å². The first-order valence-electron chi connectivity index (χ1n) is 7.97. The molecule has 0 unspecified atom stereocenters. The van der Waals surface area contributed by atoms with Gasteiger partial charge in [-0.05, 0) is 43.4 Å². The summed E-state index contributed by atoms with van der Waals surface area (Å²) in [6, 6.07) is 2.30. The molecular formula is C17H14F3N3OS. The molecule has 0 aliphatic heterocycles. The minimum Gasteiger partial charge on any atom is -0.310 e. The van der Waals surface area contributed by atoms with Gasteiger partial charge in [0.2, 0.25) is 0 Å². The summed E-state index contributed by atoms with van der Waals surface area (Å²) in [5.41, 5.74) is 0.571. The summed E-state index contributed by atoms with van der Waals surface area (Å²) in [6.07, 6.45) is 0.662. The highest BCUT2D eigenvalue weighted by atomic mass is 32.1. The van der Waals surface area contributed by atoms with Crippen LogP contribution in [0.5, 0.6) is 0 Å². The number of rotatable bonds is 2. The van der Waals surface area contributed by atoms with Crippen LogP contribution in [0.2, 0.25) is 0 Å². The maximum absolute atomic E-state index is 12.6. The average Bonchev–Trinajstić information content (AvgIpc) is 2.93. The van der Waals surface area contributed by atoms with Crippen LogP contribution < -0.4 is 5.56 Å². The molecule has 1 aliphatic carbocycles. The highest BCUT2D eigenvalue weighted by Gasteiger charge is 2.30. The predicted octanol–water partition coefficient (Wildman–Crippen LogP) is 3.87. The Hall–Kier alpha value is -2.22. The number of hydrogen-bond acceptors (Lipinski definition) is 4. The average molecular weight is 365 g/mol. The zero-order valence-electron chi connectivity index (χ0n) is 13.1. The van der Waals surface area contributed by atoms with Crippen LogP contribution >= 0.6 is 11.3 Å². The minimum atomic E-state index is -4.41. The fourth-order valence-corrected chi connectivity index (χ4v) is 4.44. The number of aryl methyl sites for hydroxylation is 2. The number of thiophene rings is 1. The number of aromatic amines is 1. The minimum absolute atomic E-state index is 0.175. The Morgan fingerprint density at radius 2 is 2.00 bits per heavy atom. The Kier molecular flexibility index (Phi) is 3.87. The molecular weight excluding hydrogens is 351 g/mol. The van der Waals surface area contributed by atoms with Gasteiger partial charge in [0.05, 0.1) is 10.9 Å². The molecule has 3 heterocycles. The van der Waals surface area contributed by atoms with Gasteiger partial charge >= 0.3 is 6.18 Å². The molecule has 0 saturated carbocycles. The third-order valence-corrected chi connectivity index (χ3v) is 5.56. The fraction of sp³-hybridized carbons (Fsp3) is 0.353. The van der Waals surface area contributed by atoms with Gasteiger partial charge in [-0.3, -0.25) is 9.78 Å². The zero-order valence-corrected chi connectivity index (χ0v) is 13.9. The lowest BCUT2D eigenvalue weighted by atomic mass is 9.97. The van der Waals surface area contributed by atoms with Crippen molar-refractivity contribution in [2.75, 3.05) is 0 Å². The summed E-state index contributed by atoms with van der Waals surface area (Å²) in [5, 5.41) is 0.670. The van der Waals surface area contributed by atoms with Crippen molar-refractivity contribution in [3.63, 3.8) is 0 Å². The monoisotopic (exact) mass is 365 g/mol. The van der Waals surface area contributed by atoms with E-state index in [0.717, 1.165) is 43.5 Å². The van der Waals surface area contributed by atoms with Gasteiger partial charge in [0.25, 0.3) is 5.56 Å². The summed E-state index contributed by atoms with van der Waals surface area (Å²) >= 11 is 1.54. The first kappa shape index (κ1) is 16.3. The standard InChI is InChI=1S/C17H14F3N3OS/c18-17(19,20)9-5-6-10(21-8-9)7-13-22-15(24)14-11-3-1-2-4-12(11)25-16(14)23-13/h5-6,8H,1-4,7H2,(H,22,23,24). The summed E-state index contributed by atoms with van der Waals surface area (Å²) in [4.78, 5) is 25.5. The Bertz CT molecular complexity index is 989. The topological polar surface area (TPSA) is 58.6 Å². The zero-order chi connectivity index (χ0) is 17.6.